The molecular formula is C24H23NO3. The predicted molar refractivity (Wildman–Crippen MR) is 112 cm³/mol. The van der Waals surface area contributed by atoms with Crippen LogP contribution in [0.5, 0.6) is 5.75 Å². The van der Waals surface area contributed by atoms with Crippen LogP contribution in [-0.4, -0.2) is 18.3 Å². The highest BCUT2D eigenvalue weighted by atomic mass is 16.5. The number of rotatable bonds is 7. The third-order valence-electron chi connectivity index (χ3n) is 4.38. The summed E-state index contributed by atoms with van der Waals surface area (Å²) in [5.41, 5.74) is 5.09. The zero-order valence-corrected chi connectivity index (χ0v) is 16.1. The lowest BCUT2D eigenvalue weighted by Crippen LogP contribution is -2.04. The van der Waals surface area contributed by atoms with Crippen molar-refractivity contribution in [3.63, 3.8) is 0 Å². The highest BCUT2D eigenvalue weighted by molar-refractivity contribution is 6.11. The molecular weight excluding hydrogens is 350 g/mol. The Labute approximate surface area is 165 Å². The topological polar surface area (TPSA) is 47.9 Å². The number of carbonyl (C=O) groups excluding carboxylic acids is 1. The van der Waals surface area contributed by atoms with Crippen molar-refractivity contribution in [1.29, 1.82) is 0 Å². The van der Waals surface area contributed by atoms with E-state index in [1.54, 1.807) is 13.1 Å². The van der Waals surface area contributed by atoms with E-state index >= 15 is 0 Å². The third kappa shape index (κ3) is 4.65. The van der Waals surface area contributed by atoms with E-state index < -0.39 is 5.97 Å². The fourth-order valence-electron chi connectivity index (χ4n) is 2.86. The van der Waals surface area contributed by atoms with Crippen molar-refractivity contribution < 1.29 is 14.3 Å². The van der Waals surface area contributed by atoms with Crippen LogP contribution in [0.2, 0.25) is 0 Å². The normalized spacial score (nSPS) is 13.8. The van der Waals surface area contributed by atoms with Crippen molar-refractivity contribution in [2.24, 2.45) is 4.99 Å². The van der Waals surface area contributed by atoms with Gasteiger partial charge in [0.15, 0.2) is 0 Å². The summed E-state index contributed by atoms with van der Waals surface area (Å²) in [5.74, 6) is 0.323. The Hall–Kier alpha value is -3.40. The predicted octanol–water partition coefficient (Wildman–Crippen LogP) is 5.13. The molecule has 28 heavy (non-hydrogen) atoms. The molecule has 1 heterocycles. The quantitative estimate of drug-likeness (QED) is 0.499. The average molecular weight is 373 g/mol. The van der Waals surface area contributed by atoms with E-state index in [4.69, 9.17) is 9.47 Å². The maximum absolute atomic E-state index is 12.1. The van der Waals surface area contributed by atoms with Crippen molar-refractivity contribution >= 4 is 17.3 Å². The second-order valence-electron chi connectivity index (χ2n) is 6.35. The van der Waals surface area contributed by atoms with Gasteiger partial charge in [-0.3, -0.25) is 4.99 Å². The van der Waals surface area contributed by atoms with Crippen molar-refractivity contribution in [2.75, 3.05) is 6.61 Å². The molecule has 1 aliphatic heterocycles. The number of esters is 1. The number of nitrogens with zero attached hydrogens (tertiary/aromatic N) is 1. The molecule has 2 aromatic rings. The fraction of sp³-hybridized carbons (Fsp3) is 0.167. The van der Waals surface area contributed by atoms with Crippen LogP contribution < -0.4 is 4.74 Å². The summed E-state index contributed by atoms with van der Waals surface area (Å²) in [4.78, 5) is 16.5. The zero-order chi connectivity index (χ0) is 19.9. The van der Waals surface area contributed by atoms with E-state index in [1.807, 2.05) is 61.5 Å². The van der Waals surface area contributed by atoms with Crippen LogP contribution in [-0.2, 0) is 16.1 Å². The van der Waals surface area contributed by atoms with Gasteiger partial charge >= 0.3 is 5.97 Å². The Balaban J connectivity index is 1.88. The van der Waals surface area contributed by atoms with Crippen LogP contribution in [0.4, 0.5) is 0 Å². The van der Waals surface area contributed by atoms with Gasteiger partial charge in [0.2, 0.25) is 0 Å². The molecule has 1 aliphatic rings. The molecule has 0 radical (unpaired) electrons. The minimum Gasteiger partial charge on any atom is -0.489 e. The Morgan fingerprint density at radius 1 is 1.14 bits per heavy atom. The molecule has 0 aliphatic carbocycles. The summed E-state index contributed by atoms with van der Waals surface area (Å²) in [6.45, 7) is 8.56. The van der Waals surface area contributed by atoms with Gasteiger partial charge in [0.05, 0.1) is 6.61 Å². The number of hydrogen-bond acceptors (Lipinski definition) is 4. The smallest absolute Gasteiger partial charge is 0.331 e. The summed E-state index contributed by atoms with van der Waals surface area (Å²) >= 11 is 0. The lowest BCUT2D eigenvalue weighted by atomic mass is 9.92. The van der Waals surface area contributed by atoms with Gasteiger partial charge < -0.3 is 9.47 Å². The van der Waals surface area contributed by atoms with Crippen LogP contribution in [0.25, 0.3) is 5.57 Å². The molecule has 0 aromatic heterocycles. The van der Waals surface area contributed by atoms with Crippen molar-refractivity contribution in [1.82, 2.24) is 0 Å². The molecule has 0 spiro atoms. The monoisotopic (exact) mass is 373 g/mol. The molecule has 4 heteroatoms. The van der Waals surface area contributed by atoms with Gasteiger partial charge in [-0.25, -0.2) is 4.79 Å². The Bertz CT molecular complexity index is 968. The van der Waals surface area contributed by atoms with E-state index in [0.717, 1.165) is 33.7 Å². The summed E-state index contributed by atoms with van der Waals surface area (Å²) in [7, 11) is 0. The first-order chi connectivity index (χ1) is 13.6. The van der Waals surface area contributed by atoms with Gasteiger partial charge in [-0.15, -0.1) is 0 Å². The van der Waals surface area contributed by atoms with Crippen LogP contribution in [0.1, 0.15) is 25.0 Å². The standard InChI is InChI=1S/C24H23NO3/c1-4-27-24(26)14-22(23-15-25-18(3)17(23)2)20-11-8-12-21(13-20)28-16-19-9-6-5-7-10-19/h5-15H,2,4,16H2,1,3H3/b22-14-. The van der Waals surface area contributed by atoms with Crippen molar-refractivity contribution in [2.45, 2.75) is 20.5 Å². The number of aliphatic imine (C=N–C) groups is 1. The van der Waals surface area contributed by atoms with E-state index in [1.165, 1.54) is 6.08 Å². The number of benzene rings is 2. The van der Waals surface area contributed by atoms with Gasteiger partial charge in [-0.1, -0.05) is 49.0 Å². The summed E-state index contributed by atoms with van der Waals surface area (Å²) < 4.78 is 11.0. The van der Waals surface area contributed by atoms with E-state index in [-0.39, 0.29) is 0 Å². The Morgan fingerprint density at radius 3 is 2.61 bits per heavy atom. The Morgan fingerprint density at radius 2 is 1.93 bits per heavy atom. The van der Waals surface area contributed by atoms with E-state index in [9.17, 15) is 4.79 Å². The number of ether oxygens (including phenoxy) is 2. The molecule has 0 N–H and O–H groups in total. The summed E-state index contributed by atoms with van der Waals surface area (Å²) in [6, 6.07) is 17.6. The fourth-order valence-corrected chi connectivity index (χ4v) is 2.86. The SMILES string of the molecule is C=C1C(/C(=C\C(=O)OCC)c2cccc(OCc3ccccc3)c2)=CN=C1C. The van der Waals surface area contributed by atoms with E-state index in [0.29, 0.717) is 18.8 Å². The van der Waals surface area contributed by atoms with Crippen molar-refractivity contribution in [3.05, 3.63) is 95.7 Å². The van der Waals surface area contributed by atoms with E-state index in [2.05, 4.69) is 11.6 Å². The summed E-state index contributed by atoms with van der Waals surface area (Å²) in [5, 5.41) is 0. The second-order valence-corrected chi connectivity index (χ2v) is 6.35. The largest absolute Gasteiger partial charge is 0.489 e. The minimum atomic E-state index is -0.397. The first kappa shape index (κ1) is 19.4. The second kappa shape index (κ2) is 9.00. The highest BCUT2D eigenvalue weighted by Crippen LogP contribution is 2.33. The molecule has 0 fully saturated rings. The molecule has 0 unspecified atom stereocenters. The molecule has 2 aromatic carbocycles. The molecule has 0 bridgehead atoms. The minimum absolute atomic E-state index is 0.318. The van der Waals surface area contributed by atoms with Crippen LogP contribution in [0, 0.1) is 0 Å². The van der Waals surface area contributed by atoms with Crippen LogP contribution >= 0.6 is 0 Å². The lowest BCUT2D eigenvalue weighted by Gasteiger charge is -2.13. The number of carbonyl (C=O) groups is 1. The maximum atomic E-state index is 12.1. The summed E-state index contributed by atoms with van der Waals surface area (Å²) in [6.07, 6.45) is 3.23. The average Bonchev–Trinajstić information content (AvgIpc) is 3.04. The third-order valence-corrected chi connectivity index (χ3v) is 4.38. The van der Waals surface area contributed by atoms with Gasteiger partial charge in [0, 0.05) is 23.6 Å². The molecule has 4 nitrogen and oxygen atoms in total. The van der Waals surface area contributed by atoms with Gasteiger partial charge in [-0.05, 0) is 48.3 Å². The molecule has 3 rings (SSSR count). The number of allylic oxidation sites excluding steroid dienone is 3. The highest BCUT2D eigenvalue weighted by Gasteiger charge is 2.19. The molecule has 142 valence electrons. The lowest BCUT2D eigenvalue weighted by molar-refractivity contribution is -0.137. The molecule has 0 atom stereocenters. The molecule has 0 amide bonds. The van der Waals surface area contributed by atoms with Gasteiger partial charge in [0.1, 0.15) is 12.4 Å². The van der Waals surface area contributed by atoms with Crippen LogP contribution in [0.3, 0.4) is 0 Å². The van der Waals surface area contributed by atoms with Gasteiger partial charge in [-0.2, -0.15) is 0 Å². The molecule has 0 saturated carbocycles. The maximum Gasteiger partial charge on any atom is 0.331 e. The first-order valence-corrected chi connectivity index (χ1v) is 9.18. The van der Waals surface area contributed by atoms with Crippen LogP contribution in [0.15, 0.2) is 89.6 Å². The number of hydrogen-bond donors (Lipinski definition) is 0. The first-order valence-electron chi connectivity index (χ1n) is 9.18. The molecule has 0 saturated heterocycles. The zero-order valence-electron chi connectivity index (χ0n) is 16.1. The Kier molecular flexibility index (Phi) is 6.22. The van der Waals surface area contributed by atoms with Gasteiger partial charge in [0.25, 0.3) is 0 Å². The van der Waals surface area contributed by atoms with Crippen molar-refractivity contribution in [3.8, 4) is 5.75 Å².